The maximum absolute atomic E-state index is 13.2. The number of aliphatic carboxylic acids is 1. The predicted molar refractivity (Wildman–Crippen MR) is 129 cm³/mol. The molecule has 3 aromatic heterocycles. The molecule has 0 saturated heterocycles. The van der Waals surface area contributed by atoms with Crippen molar-refractivity contribution < 1.29 is 14.7 Å². The van der Waals surface area contributed by atoms with E-state index in [1.165, 1.54) is 32.0 Å². The molecule has 7 heteroatoms. The fourth-order valence-corrected chi connectivity index (χ4v) is 6.58. The Kier molecular flexibility index (Phi) is 5.99. The number of carbonyl (C=O) groups is 2. The van der Waals surface area contributed by atoms with Gasteiger partial charge in [0, 0.05) is 40.0 Å². The number of carboxylic acids is 1. The van der Waals surface area contributed by atoms with Crippen molar-refractivity contribution in [2.75, 3.05) is 6.54 Å². The van der Waals surface area contributed by atoms with Crippen LogP contribution in [-0.2, 0) is 29.1 Å². The van der Waals surface area contributed by atoms with Crippen LogP contribution in [0.3, 0.4) is 0 Å². The van der Waals surface area contributed by atoms with Gasteiger partial charge in [-0.2, -0.15) is 0 Å². The van der Waals surface area contributed by atoms with Crippen LogP contribution in [0.4, 0.5) is 0 Å². The molecule has 174 valence electrons. The molecule has 1 fully saturated rings. The molecule has 0 atom stereocenters. The Hall–Kier alpha value is -2.67. The van der Waals surface area contributed by atoms with Gasteiger partial charge in [-0.15, -0.1) is 11.3 Å². The van der Waals surface area contributed by atoms with Gasteiger partial charge >= 0.3 is 5.97 Å². The zero-order valence-corrected chi connectivity index (χ0v) is 20.2. The van der Waals surface area contributed by atoms with Crippen molar-refractivity contribution in [1.29, 1.82) is 0 Å². The van der Waals surface area contributed by atoms with E-state index in [4.69, 9.17) is 4.98 Å². The van der Waals surface area contributed by atoms with E-state index >= 15 is 0 Å². The van der Waals surface area contributed by atoms with E-state index in [9.17, 15) is 14.7 Å². The number of fused-ring (bicyclic) bond motifs is 3. The molecule has 0 radical (unpaired) electrons. The fourth-order valence-electron chi connectivity index (χ4n) is 5.64. The number of nitrogens with zero attached hydrogens (tertiary/aromatic N) is 3. The molecule has 1 amide bonds. The van der Waals surface area contributed by atoms with Crippen LogP contribution >= 0.6 is 11.3 Å². The van der Waals surface area contributed by atoms with Crippen LogP contribution < -0.4 is 0 Å². The Morgan fingerprint density at radius 3 is 2.70 bits per heavy atom. The van der Waals surface area contributed by atoms with Crippen LogP contribution in [0.5, 0.6) is 0 Å². The third-order valence-electron chi connectivity index (χ3n) is 7.50. The molecule has 6 nitrogen and oxygen atoms in total. The molecular formula is C26H31N3O3S. The molecule has 3 aromatic rings. The van der Waals surface area contributed by atoms with Gasteiger partial charge in [-0.25, -0.2) is 4.98 Å². The number of amides is 1. The summed E-state index contributed by atoms with van der Waals surface area (Å²) < 4.78 is 2.32. The van der Waals surface area contributed by atoms with Gasteiger partial charge in [-0.3, -0.25) is 9.59 Å². The summed E-state index contributed by atoms with van der Waals surface area (Å²) in [5, 5.41) is 10.4. The molecule has 0 bridgehead atoms. The van der Waals surface area contributed by atoms with E-state index in [1.54, 1.807) is 0 Å². The quantitative estimate of drug-likeness (QED) is 0.580. The third kappa shape index (κ3) is 4.31. The average molecular weight is 466 g/mol. The normalized spacial score (nSPS) is 20.7. The minimum Gasteiger partial charge on any atom is -0.481 e. The highest BCUT2D eigenvalue weighted by molar-refractivity contribution is 7.12. The number of carboxylic acid groups (broad SMARTS) is 1. The van der Waals surface area contributed by atoms with Gasteiger partial charge < -0.3 is 14.6 Å². The van der Waals surface area contributed by atoms with E-state index in [-0.39, 0.29) is 11.8 Å². The van der Waals surface area contributed by atoms with Crippen molar-refractivity contribution in [2.24, 2.45) is 11.8 Å². The number of aromatic nitrogens is 2. The second kappa shape index (κ2) is 8.93. The lowest BCUT2D eigenvalue weighted by Crippen LogP contribution is -2.38. The lowest BCUT2D eigenvalue weighted by atomic mass is 9.80. The SMILES string of the molecule is Cc1cc(Cn2c3c(c4cccnc42)CCN(C(=O)C[C@H]2CC[C@H](C(=O)O)CC2)C3)c(C)s1. The zero-order chi connectivity index (χ0) is 23.1. The van der Waals surface area contributed by atoms with Gasteiger partial charge in [-0.1, -0.05) is 0 Å². The molecule has 1 saturated carbocycles. The first-order valence-corrected chi connectivity index (χ1v) is 12.7. The number of hydrogen-bond donors (Lipinski definition) is 1. The maximum Gasteiger partial charge on any atom is 0.306 e. The molecule has 0 aromatic carbocycles. The number of hydrogen-bond acceptors (Lipinski definition) is 4. The molecule has 1 aliphatic carbocycles. The van der Waals surface area contributed by atoms with Crippen molar-refractivity contribution in [3.8, 4) is 0 Å². The van der Waals surface area contributed by atoms with E-state index in [1.807, 2.05) is 28.5 Å². The molecular weight excluding hydrogens is 434 g/mol. The molecule has 0 spiro atoms. The van der Waals surface area contributed by atoms with Gasteiger partial charge in [0.1, 0.15) is 5.65 Å². The van der Waals surface area contributed by atoms with Crippen molar-refractivity contribution in [3.63, 3.8) is 0 Å². The van der Waals surface area contributed by atoms with Crippen LogP contribution in [0.15, 0.2) is 24.4 Å². The summed E-state index contributed by atoms with van der Waals surface area (Å²) >= 11 is 1.83. The second-order valence-corrected chi connectivity index (χ2v) is 11.1. The number of aryl methyl sites for hydroxylation is 2. The topological polar surface area (TPSA) is 75.4 Å². The largest absolute Gasteiger partial charge is 0.481 e. The molecule has 1 N–H and O–H groups in total. The molecule has 5 rings (SSSR count). The summed E-state index contributed by atoms with van der Waals surface area (Å²) in [6.45, 7) is 6.46. The predicted octanol–water partition coefficient (Wildman–Crippen LogP) is 4.93. The number of thiophene rings is 1. The van der Waals surface area contributed by atoms with Crippen LogP contribution in [0.2, 0.25) is 0 Å². The first-order chi connectivity index (χ1) is 15.9. The Bertz CT molecular complexity index is 1200. The van der Waals surface area contributed by atoms with Crippen LogP contribution in [-0.4, -0.2) is 38.0 Å². The Labute approximate surface area is 198 Å². The Morgan fingerprint density at radius 2 is 2.00 bits per heavy atom. The average Bonchev–Trinajstić information content (AvgIpc) is 3.30. The monoisotopic (exact) mass is 465 g/mol. The smallest absolute Gasteiger partial charge is 0.306 e. The number of pyridine rings is 1. The van der Waals surface area contributed by atoms with E-state index in [2.05, 4.69) is 30.5 Å². The summed E-state index contributed by atoms with van der Waals surface area (Å²) in [5.41, 5.74) is 4.86. The van der Waals surface area contributed by atoms with E-state index in [0.29, 0.717) is 31.7 Å². The van der Waals surface area contributed by atoms with Crippen molar-refractivity contribution in [2.45, 2.75) is 65.5 Å². The van der Waals surface area contributed by atoms with Gasteiger partial charge in [0.2, 0.25) is 5.91 Å². The van der Waals surface area contributed by atoms with E-state index < -0.39 is 5.97 Å². The minimum atomic E-state index is -0.694. The van der Waals surface area contributed by atoms with Gasteiger partial charge in [0.05, 0.1) is 19.0 Å². The molecule has 0 unspecified atom stereocenters. The van der Waals surface area contributed by atoms with Crippen LogP contribution in [0.1, 0.15) is 58.7 Å². The van der Waals surface area contributed by atoms with Crippen molar-refractivity contribution in [1.82, 2.24) is 14.5 Å². The Morgan fingerprint density at radius 1 is 1.21 bits per heavy atom. The first-order valence-electron chi connectivity index (χ1n) is 11.9. The minimum absolute atomic E-state index is 0.201. The summed E-state index contributed by atoms with van der Waals surface area (Å²) in [7, 11) is 0. The second-order valence-electron chi connectivity index (χ2n) is 9.65. The molecule has 4 heterocycles. The molecule has 33 heavy (non-hydrogen) atoms. The highest BCUT2D eigenvalue weighted by Crippen LogP contribution is 2.34. The zero-order valence-electron chi connectivity index (χ0n) is 19.3. The van der Waals surface area contributed by atoms with Gasteiger partial charge in [0.25, 0.3) is 0 Å². The highest BCUT2D eigenvalue weighted by atomic mass is 32.1. The lowest BCUT2D eigenvalue weighted by Gasteiger charge is -2.31. The standard InChI is InChI=1S/C26H31N3O3S/c1-16-12-20(17(2)33-16)14-29-23-15-28(11-9-21(23)22-4-3-10-27-25(22)29)24(30)13-18-5-7-19(8-6-18)26(31)32/h3-4,10,12,18-19H,5-9,11,13-15H2,1-2H3,(H,31,32)/t18-,19-. The lowest BCUT2D eigenvalue weighted by molar-refractivity contribution is -0.143. The third-order valence-corrected chi connectivity index (χ3v) is 8.51. The number of carbonyl (C=O) groups excluding carboxylic acids is 1. The first kappa shape index (κ1) is 22.1. The summed E-state index contributed by atoms with van der Waals surface area (Å²) in [6.07, 6.45) is 6.29. The van der Waals surface area contributed by atoms with Crippen molar-refractivity contribution >= 4 is 34.2 Å². The van der Waals surface area contributed by atoms with Gasteiger partial charge in [-0.05, 0) is 81.2 Å². The highest BCUT2D eigenvalue weighted by Gasteiger charge is 2.31. The fraction of sp³-hybridized carbons (Fsp3) is 0.500. The summed E-state index contributed by atoms with van der Waals surface area (Å²) in [6, 6.07) is 6.42. The molecule has 2 aliphatic rings. The van der Waals surface area contributed by atoms with Crippen LogP contribution in [0.25, 0.3) is 11.0 Å². The number of rotatable bonds is 5. The Balaban J connectivity index is 1.36. The maximum atomic E-state index is 13.2. The van der Waals surface area contributed by atoms with Crippen LogP contribution in [0, 0.1) is 25.7 Å². The molecule has 1 aliphatic heterocycles. The summed E-state index contributed by atoms with van der Waals surface area (Å²) in [4.78, 5) is 33.8. The van der Waals surface area contributed by atoms with Gasteiger partial charge in [0.15, 0.2) is 0 Å². The van der Waals surface area contributed by atoms with E-state index in [0.717, 1.165) is 38.0 Å². The summed E-state index contributed by atoms with van der Waals surface area (Å²) in [5.74, 6) is -0.424. The van der Waals surface area contributed by atoms with Crippen molar-refractivity contribution in [3.05, 3.63) is 51.0 Å².